The molecule has 0 unspecified atom stereocenters. The molecule has 0 spiro atoms. The van der Waals surface area contributed by atoms with E-state index in [1.807, 2.05) is 18.2 Å². The topological polar surface area (TPSA) is 87.7 Å². The lowest BCUT2D eigenvalue weighted by Gasteiger charge is -2.08. The van der Waals surface area contributed by atoms with Gasteiger partial charge < -0.3 is 15.4 Å². The summed E-state index contributed by atoms with van der Waals surface area (Å²) < 4.78 is 5.46. The number of likely N-dealkylation sites (N-methyl/N-ethyl adjacent to an activating group) is 1. The monoisotopic (exact) mass is 365 g/mol. The quantitative estimate of drug-likeness (QED) is 0.608. The molecule has 1 saturated heterocycles. The van der Waals surface area contributed by atoms with Crippen LogP contribution in [0.2, 0.25) is 0 Å². The van der Waals surface area contributed by atoms with Gasteiger partial charge in [0.05, 0.1) is 0 Å². The van der Waals surface area contributed by atoms with Crippen molar-refractivity contribution in [1.82, 2.24) is 10.2 Å². The van der Waals surface area contributed by atoms with Crippen LogP contribution < -0.4 is 15.4 Å². The molecule has 2 aromatic carbocycles. The van der Waals surface area contributed by atoms with E-state index in [1.165, 1.54) is 0 Å². The van der Waals surface area contributed by atoms with Gasteiger partial charge in [-0.25, -0.2) is 4.79 Å². The molecule has 138 valence electrons. The van der Waals surface area contributed by atoms with E-state index in [0.29, 0.717) is 18.0 Å². The fourth-order valence-electron chi connectivity index (χ4n) is 2.55. The van der Waals surface area contributed by atoms with Crippen LogP contribution in [0.3, 0.4) is 0 Å². The number of imide groups is 1. The van der Waals surface area contributed by atoms with Gasteiger partial charge in [-0.05, 0) is 42.8 Å². The smallest absolute Gasteiger partial charge is 0.328 e. The van der Waals surface area contributed by atoms with E-state index >= 15 is 0 Å². The van der Waals surface area contributed by atoms with Gasteiger partial charge in [-0.3, -0.25) is 14.5 Å². The Bertz CT molecular complexity index is 876. The number of para-hydroxylation sites is 1. The summed E-state index contributed by atoms with van der Waals surface area (Å²) in [4.78, 5) is 36.7. The first kappa shape index (κ1) is 18.2. The average molecular weight is 365 g/mol. The highest BCUT2D eigenvalue weighted by Crippen LogP contribution is 2.17. The second-order valence-electron chi connectivity index (χ2n) is 5.81. The minimum Gasteiger partial charge on any atom is -0.484 e. The zero-order valence-corrected chi connectivity index (χ0v) is 14.8. The predicted octanol–water partition coefficient (Wildman–Crippen LogP) is 2.62. The highest BCUT2D eigenvalue weighted by atomic mass is 16.5. The van der Waals surface area contributed by atoms with Crippen molar-refractivity contribution in [1.29, 1.82) is 0 Å². The summed E-state index contributed by atoms with van der Waals surface area (Å²) in [5.74, 6) is -0.0796. The van der Waals surface area contributed by atoms with Crippen LogP contribution in [0.5, 0.6) is 5.75 Å². The number of carbonyl (C=O) groups excluding carboxylic acids is 3. The first-order valence-corrected chi connectivity index (χ1v) is 8.49. The Balaban J connectivity index is 1.56. The molecule has 0 aliphatic carbocycles. The van der Waals surface area contributed by atoms with Gasteiger partial charge in [0.15, 0.2) is 6.61 Å². The second kappa shape index (κ2) is 8.18. The predicted molar refractivity (Wildman–Crippen MR) is 101 cm³/mol. The van der Waals surface area contributed by atoms with Crippen LogP contribution in [-0.2, 0) is 9.59 Å². The summed E-state index contributed by atoms with van der Waals surface area (Å²) in [6.07, 6.45) is 1.60. The molecule has 1 heterocycles. The van der Waals surface area contributed by atoms with Gasteiger partial charge in [0.25, 0.3) is 11.8 Å². The number of carbonyl (C=O) groups is 3. The molecule has 0 bridgehead atoms. The minimum absolute atomic E-state index is 0.116. The average Bonchev–Trinajstić information content (AvgIpc) is 2.94. The molecular weight excluding hydrogens is 346 g/mol. The molecule has 7 heteroatoms. The van der Waals surface area contributed by atoms with Crippen molar-refractivity contribution in [3.8, 4) is 5.75 Å². The Labute approximate surface area is 156 Å². The summed E-state index contributed by atoms with van der Waals surface area (Å²) in [5, 5.41) is 5.28. The summed E-state index contributed by atoms with van der Waals surface area (Å²) in [6.45, 7) is 1.94. The van der Waals surface area contributed by atoms with Gasteiger partial charge in [0.2, 0.25) is 0 Å². The lowest BCUT2D eigenvalue weighted by molar-refractivity contribution is -0.122. The van der Waals surface area contributed by atoms with Crippen molar-refractivity contribution in [3.05, 3.63) is 65.9 Å². The van der Waals surface area contributed by atoms with Gasteiger partial charge in [0, 0.05) is 12.2 Å². The highest BCUT2D eigenvalue weighted by Gasteiger charge is 2.31. The van der Waals surface area contributed by atoms with Crippen LogP contribution in [0.15, 0.2) is 60.3 Å². The van der Waals surface area contributed by atoms with Gasteiger partial charge in [-0.1, -0.05) is 30.3 Å². The third-order valence-corrected chi connectivity index (χ3v) is 3.90. The van der Waals surface area contributed by atoms with Gasteiger partial charge >= 0.3 is 6.03 Å². The van der Waals surface area contributed by atoms with Crippen molar-refractivity contribution in [2.75, 3.05) is 18.5 Å². The molecule has 0 radical (unpaired) electrons. The molecule has 4 amide bonds. The first-order valence-electron chi connectivity index (χ1n) is 8.49. The van der Waals surface area contributed by atoms with Crippen LogP contribution in [0, 0.1) is 0 Å². The molecule has 3 rings (SSSR count). The second-order valence-corrected chi connectivity index (χ2v) is 5.81. The SMILES string of the molecule is CCN1C(=O)N/C(=C/c2ccc(OCC(=O)Nc3ccccc3)cc2)C1=O. The normalized spacial score (nSPS) is 15.0. The number of nitrogens with one attached hydrogen (secondary N) is 2. The van der Waals surface area contributed by atoms with Crippen molar-refractivity contribution >= 4 is 29.6 Å². The number of hydrogen-bond acceptors (Lipinski definition) is 4. The van der Waals surface area contributed by atoms with Crippen LogP contribution in [0.25, 0.3) is 6.08 Å². The van der Waals surface area contributed by atoms with E-state index in [9.17, 15) is 14.4 Å². The summed E-state index contributed by atoms with van der Waals surface area (Å²) in [7, 11) is 0. The number of anilines is 1. The molecule has 1 aliphatic heterocycles. The fraction of sp³-hybridized carbons (Fsp3) is 0.150. The number of rotatable bonds is 6. The molecule has 1 aliphatic rings. The lowest BCUT2D eigenvalue weighted by atomic mass is 10.2. The van der Waals surface area contributed by atoms with Crippen molar-refractivity contribution in [2.45, 2.75) is 6.92 Å². The van der Waals surface area contributed by atoms with E-state index < -0.39 is 6.03 Å². The Kier molecular flexibility index (Phi) is 5.51. The van der Waals surface area contributed by atoms with Crippen LogP contribution >= 0.6 is 0 Å². The van der Waals surface area contributed by atoms with Crippen LogP contribution in [0.4, 0.5) is 10.5 Å². The standard InChI is InChI=1S/C20H19N3O4/c1-2-23-19(25)17(22-20(23)26)12-14-8-10-16(11-9-14)27-13-18(24)21-15-6-4-3-5-7-15/h3-12H,2,13H2,1H3,(H,21,24)(H,22,26)/b17-12+. The van der Waals surface area contributed by atoms with E-state index in [1.54, 1.807) is 49.4 Å². The van der Waals surface area contributed by atoms with Crippen LogP contribution in [-0.4, -0.2) is 35.9 Å². The molecule has 27 heavy (non-hydrogen) atoms. The summed E-state index contributed by atoms with van der Waals surface area (Å²) >= 11 is 0. The molecule has 1 fully saturated rings. The van der Waals surface area contributed by atoms with Crippen molar-refractivity contribution < 1.29 is 19.1 Å². The van der Waals surface area contributed by atoms with Crippen molar-refractivity contribution in [3.63, 3.8) is 0 Å². The van der Waals surface area contributed by atoms with E-state index in [0.717, 1.165) is 10.5 Å². The van der Waals surface area contributed by atoms with Crippen LogP contribution in [0.1, 0.15) is 12.5 Å². The summed E-state index contributed by atoms with van der Waals surface area (Å²) in [5.41, 5.74) is 1.67. The molecule has 0 saturated carbocycles. The highest BCUT2D eigenvalue weighted by molar-refractivity contribution is 6.13. The number of ether oxygens (including phenoxy) is 1. The van der Waals surface area contributed by atoms with Gasteiger partial charge in [0.1, 0.15) is 11.4 Å². The van der Waals surface area contributed by atoms with Gasteiger partial charge in [-0.2, -0.15) is 0 Å². The maximum atomic E-state index is 12.1. The maximum Gasteiger partial charge on any atom is 0.328 e. The van der Waals surface area contributed by atoms with E-state index in [-0.39, 0.29) is 24.1 Å². The molecule has 7 nitrogen and oxygen atoms in total. The maximum absolute atomic E-state index is 12.1. The lowest BCUT2D eigenvalue weighted by Crippen LogP contribution is -2.30. The molecular formula is C20H19N3O4. The van der Waals surface area contributed by atoms with E-state index in [2.05, 4.69) is 10.6 Å². The Hall–Kier alpha value is -3.61. The Morgan fingerprint density at radius 2 is 1.81 bits per heavy atom. The minimum atomic E-state index is -0.418. The third kappa shape index (κ3) is 4.52. The first-order chi connectivity index (χ1) is 13.1. The zero-order chi connectivity index (χ0) is 19.2. The Morgan fingerprint density at radius 3 is 2.44 bits per heavy atom. The van der Waals surface area contributed by atoms with Crippen molar-refractivity contribution in [2.24, 2.45) is 0 Å². The molecule has 2 aromatic rings. The third-order valence-electron chi connectivity index (χ3n) is 3.90. The number of hydrogen-bond donors (Lipinski definition) is 2. The zero-order valence-electron chi connectivity index (χ0n) is 14.8. The number of amides is 4. The van der Waals surface area contributed by atoms with Gasteiger partial charge in [-0.15, -0.1) is 0 Å². The number of benzene rings is 2. The van der Waals surface area contributed by atoms with E-state index in [4.69, 9.17) is 4.74 Å². The Morgan fingerprint density at radius 1 is 1.11 bits per heavy atom. The molecule has 2 N–H and O–H groups in total. The largest absolute Gasteiger partial charge is 0.484 e. The molecule has 0 aromatic heterocycles. The number of nitrogens with zero attached hydrogens (tertiary/aromatic N) is 1. The number of urea groups is 1. The summed E-state index contributed by atoms with van der Waals surface area (Å²) in [6, 6.07) is 15.6. The molecule has 0 atom stereocenters. The fourth-order valence-corrected chi connectivity index (χ4v) is 2.55.